The van der Waals surface area contributed by atoms with Crippen molar-refractivity contribution < 1.29 is 0 Å². The summed E-state index contributed by atoms with van der Waals surface area (Å²) < 4.78 is 0. The number of anilines is 2. The third-order valence-corrected chi connectivity index (χ3v) is 4.23. The van der Waals surface area contributed by atoms with Crippen LogP contribution in [0.4, 0.5) is 11.6 Å². The standard InChI is InChI=1S/C22H27N5/c1-3-14-27(15-4-2)21-16-20(24-17-19-12-8-9-13-23-19)25-22(26-21)18-10-6-5-7-11-18/h5-13,16H,3-4,14-15,17H2,1-2H3,(H,24,25,26). The van der Waals surface area contributed by atoms with Crippen molar-refractivity contribution >= 4 is 11.6 Å². The van der Waals surface area contributed by atoms with Gasteiger partial charge in [0.25, 0.3) is 0 Å². The molecule has 1 N–H and O–H groups in total. The molecule has 3 rings (SSSR count). The lowest BCUT2D eigenvalue weighted by Gasteiger charge is -2.23. The number of pyridine rings is 1. The zero-order valence-electron chi connectivity index (χ0n) is 16.1. The summed E-state index contributed by atoms with van der Waals surface area (Å²) in [5, 5.41) is 3.41. The second kappa shape index (κ2) is 9.67. The van der Waals surface area contributed by atoms with E-state index in [1.165, 1.54) is 0 Å². The summed E-state index contributed by atoms with van der Waals surface area (Å²) in [6, 6.07) is 18.1. The number of nitrogens with one attached hydrogen (secondary N) is 1. The Morgan fingerprint density at radius 3 is 2.30 bits per heavy atom. The first-order valence-electron chi connectivity index (χ1n) is 9.63. The maximum atomic E-state index is 4.86. The van der Waals surface area contributed by atoms with Gasteiger partial charge in [-0.15, -0.1) is 0 Å². The van der Waals surface area contributed by atoms with Gasteiger partial charge in [-0.1, -0.05) is 50.2 Å². The van der Waals surface area contributed by atoms with Gasteiger partial charge in [-0.25, -0.2) is 9.97 Å². The number of hydrogen-bond donors (Lipinski definition) is 1. The van der Waals surface area contributed by atoms with E-state index in [0.29, 0.717) is 6.54 Å². The van der Waals surface area contributed by atoms with Crippen molar-refractivity contribution in [1.29, 1.82) is 0 Å². The maximum absolute atomic E-state index is 4.86. The zero-order valence-corrected chi connectivity index (χ0v) is 16.1. The predicted octanol–water partition coefficient (Wildman–Crippen LogP) is 4.78. The lowest BCUT2D eigenvalue weighted by atomic mass is 10.2. The van der Waals surface area contributed by atoms with Gasteiger partial charge in [0.05, 0.1) is 12.2 Å². The number of rotatable bonds is 9. The largest absolute Gasteiger partial charge is 0.364 e. The predicted molar refractivity (Wildman–Crippen MR) is 112 cm³/mol. The summed E-state index contributed by atoms with van der Waals surface area (Å²) >= 11 is 0. The average Bonchev–Trinajstić information content (AvgIpc) is 2.73. The van der Waals surface area contributed by atoms with Crippen LogP contribution in [0.5, 0.6) is 0 Å². The number of hydrogen-bond acceptors (Lipinski definition) is 5. The van der Waals surface area contributed by atoms with E-state index in [-0.39, 0.29) is 0 Å². The van der Waals surface area contributed by atoms with E-state index < -0.39 is 0 Å². The average molecular weight is 361 g/mol. The normalized spacial score (nSPS) is 10.6. The lowest BCUT2D eigenvalue weighted by Crippen LogP contribution is -2.26. The van der Waals surface area contributed by atoms with E-state index in [1.54, 1.807) is 0 Å². The molecule has 1 aromatic carbocycles. The number of benzene rings is 1. The Kier molecular flexibility index (Phi) is 6.74. The van der Waals surface area contributed by atoms with Gasteiger partial charge in [0, 0.05) is 30.9 Å². The Morgan fingerprint density at radius 1 is 0.889 bits per heavy atom. The molecule has 0 fully saturated rings. The molecule has 0 aliphatic rings. The number of nitrogens with zero attached hydrogens (tertiary/aromatic N) is 4. The van der Waals surface area contributed by atoms with Crippen molar-refractivity contribution in [2.24, 2.45) is 0 Å². The molecule has 0 aliphatic heterocycles. The molecule has 5 heteroatoms. The maximum Gasteiger partial charge on any atom is 0.163 e. The minimum atomic E-state index is 0.632. The molecule has 0 amide bonds. The molecule has 2 aromatic heterocycles. The van der Waals surface area contributed by atoms with Gasteiger partial charge >= 0.3 is 0 Å². The molecule has 27 heavy (non-hydrogen) atoms. The first-order valence-corrected chi connectivity index (χ1v) is 9.63. The van der Waals surface area contributed by atoms with Crippen molar-refractivity contribution in [2.75, 3.05) is 23.3 Å². The number of aromatic nitrogens is 3. The van der Waals surface area contributed by atoms with Crippen LogP contribution in [0.3, 0.4) is 0 Å². The van der Waals surface area contributed by atoms with Crippen LogP contribution in [0.1, 0.15) is 32.4 Å². The summed E-state index contributed by atoms with van der Waals surface area (Å²) in [7, 11) is 0. The summed E-state index contributed by atoms with van der Waals surface area (Å²) in [6.45, 7) is 7.00. The highest BCUT2D eigenvalue weighted by atomic mass is 15.2. The summed E-state index contributed by atoms with van der Waals surface area (Å²) in [4.78, 5) is 16.3. The van der Waals surface area contributed by atoms with Crippen LogP contribution in [-0.4, -0.2) is 28.0 Å². The Bertz CT molecular complexity index is 815. The summed E-state index contributed by atoms with van der Waals surface area (Å²) in [5.41, 5.74) is 2.01. The van der Waals surface area contributed by atoms with Crippen LogP contribution in [0, 0.1) is 0 Å². The van der Waals surface area contributed by atoms with Gasteiger partial charge in [0.15, 0.2) is 5.82 Å². The Balaban J connectivity index is 1.92. The fourth-order valence-electron chi connectivity index (χ4n) is 2.97. The Morgan fingerprint density at radius 2 is 1.63 bits per heavy atom. The second-order valence-electron chi connectivity index (χ2n) is 6.46. The van der Waals surface area contributed by atoms with Crippen LogP contribution in [0.15, 0.2) is 60.8 Å². The van der Waals surface area contributed by atoms with Crippen molar-refractivity contribution in [1.82, 2.24) is 15.0 Å². The van der Waals surface area contributed by atoms with Gasteiger partial charge in [-0.3, -0.25) is 4.98 Å². The summed E-state index contributed by atoms with van der Waals surface area (Å²) in [6.07, 6.45) is 3.98. The molecule has 0 atom stereocenters. The first-order chi connectivity index (χ1) is 13.3. The van der Waals surface area contributed by atoms with Crippen LogP contribution >= 0.6 is 0 Å². The molecule has 0 aliphatic carbocycles. The second-order valence-corrected chi connectivity index (χ2v) is 6.46. The van der Waals surface area contributed by atoms with E-state index >= 15 is 0 Å². The lowest BCUT2D eigenvalue weighted by molar-refractivity contribution is 0.733. The Labute approximate surface area is 161 Å². The van der Waals surface area contributed by atoms with Gasteiger partial charge < -0.3 is 10.2 Å². The van der Waals surface area contributed by atoms with Gasteiger partial charge in [0.2, 0.25) is 0 Å². The monoisotopic (exact) mass is 361 g/mol. The minimum absolute atomic E-state index is 0.632. The molecule has 0 bridgehead atoms. The van der Waals surface area contributed by atoms with Crippen LogP contribution in [0.2, 0.25) is 0 Å². The molecular formula is C22H27N5. The topological polar surface area (TPSA) is 53.9 Å². The zero-order chi connectivity index (χ0) is 18.9. The van der Waals surface area contributed by atoms with E-state index in [1.807, 2.05) is 60.8 Å². The van der Waals surface area contributed by atoms with E-state index in [2.05, 4.69) is 29.0 Å². The van der Waals surface area contributed by atoms with Gasteiger partial charge in [0.1, 0.15) is 11.6 Å². The fraction of sp³-hybridized carbons (Fsp3) is 0.318. The molecule has 0 saturated carbocycles. The highest BCUT2D eigenvalue weighted by molar-refractivity contribution is 5.61. The molecule has 140 valence electrons. The quantitative estimate of drug-likeness (QED) is 0.594. The van der Waals surface area contributed by atoms with Crippen LogP contribution in [-0.2, 0) is 6.54 Å². The summed E-state index contributed by atoms with van der Waals surface area (Å²) in [5.74, 6) is 2.53. The molecule has 3 aromatic rings. The van der Waals surface area contributed by atoms with Gasteiger partial charge in [-0.2, -0.15) is 0 Å². The highest BCUT2D eigenvalue weighted by Gasteiger charge is 2.12. The smallest absolute Gasteiger partial charge is 0.163 e. The highest BCUT2D eigenvalue weighted by Crippen LogP contribution is 2.23. The van der Waals surface area contributed by atoms with Crippen molar-refractivity contribution in [3.05, 3.63) is 66.5 Å². The third kappa shape index (κ3) is 5.26. The SMILES string of the molecule is CCCN(CCC)c1cc(NCc2ccccn2)nc(-c2ccccc2)n1. The molecule has 2 heterocycles. The molecular weight excluding hydrogens is 334 g/mol. The van der Waals surface area contributed by atoms with E-state index in [4.69, 9.17) is 9.97 Å². The minimum Gasteiger partial charge on any atom is -0.364 e. The van der Waals surface area contributed by atoms with Crippen molar-refractivity contribution in [3.63, 3.8) is 0 Å². The molecule has 5 nitrogen and oxygen atoms in total. The third-order valence-electron chi connectivity index (χ3n) is 4.23. The van der Waals surface area contributed by atoms with Gasteiger partial charge in [-0.05, 0) is 25.0 Å². The molecule has 0 unspecified atom stereocenters. The molecule has 0 radical (unpaired) electrons. The van der Waals surface area contributed by atoms with Crippen LogP contribution < -0.4 is 10.2 Å². The first kappa shape index (κ1) is 18.8. The molecule has 0 spiro atoms. The Hall–Kier alpha value is -2.95. The fourth-order valence-corrected chi connectivity index (χ4v) is 2.97. The van der Waals surface area contributed by atoms with Crippen molar-refractivity contribution in [3.8, 4) is 11.4 Å². The van der Waals surface area contributed by atoms with Crippen LogP contribution in [0.25, 0.3) is 11.4 Å². The van der Waals surface area contributed by atoms with Crippen molar-refractivity contribution in [2.45, 2.75) is 33.2 Å². The van der Waals surface area contributed by atoms with E-state index in [9.17, 15) is 0 Å². The van der Waals surface area contributed by atoms with E-state index in [0.717, 1.165) is 54.6 Å². The molecule has 0 saturated heterocycles.